The van der Waals surface area contributed by atoms with Gasteiger partial charge in [0.15, 0.2) is 0 Å². The van der Waals surface area contributed by atoms with E-state index in [4.69, 9.17) is 4.74 Å². The van der Waals surface area contributed by atoms with Gasteiger partial charge in [0.25, 0.3) is 0 Å². The molecule has 0 saturated heterocycles. The number of rotatable bonds is 2. The Kier molecular flexibility index (Phi) is 2.85. The first-order valence-electron chi connectivity index (χ1n) is 5.35. The molecule has 1 aromatic rings. The van der Waals surface area contributed by atoms with E-state index < -0.39 is 0 Å². The number of benzene rings is 1. The van der Waals surface area contributed by atoms with E-state index in [2.05, 4.69) is 36.9 Å². The smallest absolute Gasteiger partial charge is 0.134 e. The van der Waals surface area contributed by atoms with E-state index in [0.717, 1.165) is 19.4 Å². The lowest BCUT2D eigenvalue weighted by molar-refractivity contribution is -0.442. The van der Waals surface area contributed by atoms with E-state index in [-0.39, 0.29) is 6.10 Å². The quantitative estimate of drug-likeness (QED) is 0.754. The Morgan fingerprint density at radius 2 is 2.29 bits per heavy atom. The largest absolute Gasteiger partial charge is 0.367 e. The van der Waals surface area contributed by atoms with E-state index in [9.17, 15) is 0 Å². The van der Waals surface area contributed by atoms with Crippen molar-refractivity contribution in [1.82, 2.24) is 0 Å². The van der Waals surface area contributed by atoms with Crippen molar-refractivity contribution in [3.8, 4) is 0 Å². The van der Waals surface area contributed by atoms with Crippen molar-refractivity contribution in [2.45, 2.75) is 31.9 Å². The van der Waals surface area contributed by atoms with Gasteiger partial charge in [-0.15, -0.1) is 0 Å². The zero-order valence-electron chi connectivity index (χ0n) is 8.70. The number of hydrogen-bond acceptors (Lipinski definition) is 1. The molecule has 0 spiro atoms. The standard InChI is InChI=1S/C12H17NO/c1-2-11(13)12-10-6-4-3-5-9(10)7-8-14-12/h3-6,11-12H,2,7-8,13H2,1H3/p+1/t11-,12-/m0/s1. The third-order valence-corrected chi connectivity index (χ3v) is 2.98. The van der Waals surface area contributed by atoms with Crippen LogP contribution in [0.15, 0.2) is 24.3 Å². The zero-order valence-corrected chi connectivity index (χ0v) is 8.70. The van der Waals surface area contributed by atoms with Crippen molar-refractivity contribution in [2.75, 3.05) is 6.61 Å². The number of hydrogen-bond donors (Lipinski definition) is 1. The van der Waals surface area contributed by atoms with Gasteiger partial charge >= 0.3 is 0 Å². The second-order valence-corrected chi connectivity index (χ2v) is 3.91. The van der Waals surface area contributed by atoms with Crippen molar-refractivity contribution in [2.24, 2.45) is 0 Å². The van der Waals surface area contributed by atoms with Crippen LogP contribution in [0.2, 0.25) is 0 Å². The van der Waals surface area contributed by atoms with Gasteiger partial charge in [-0.25, -0.2) is 0 Å². The molecule has 1 aromatic carbocycles. The van der Waals surface area contributed by atoms with Gasteiger partial charge < -0.3 is 10.5 Å². The minimum absolute atomic E-state index is 0.213. The van der Waals surface area contributed by atoms with Gasteiger partial charge in [0, 0.05) is 0 Å². The predicted octanol–water partition coefficient (Wildman–Crippen LogP) is 1.32. The molecule has 0 aromatic heterocycles. The summed E-state index contributed by atoms with van der Waals surface area (Å²) < 4.78 is 5.79. The van der Waals surface area contributed by atoms with E-state index in [0.29, 0.717) is 6.04 Å². The fourth-order valence-electron chi connectivity index (χ4n) is 2.03. The Bertz CT molecular complexity index is 311. The topological polar surface area (TPSA) is 36.9 Å². The monoisotopic (exact) mass is 192 g/mol. The van der Waals surface area contributed by atoms with Crippen molar-refractivity contribution in [3.63, 3.8) is 0 Å². The Morgan fingerprint density at radius 3 is 3.07 bits per heavy atom. The van der Waals surface area contributed by atoms with Crippen LogP contribution in [0.4, 0.5) is 0 Å². The third-order valence-electron chi connectivity index (χ3n) is 2.98. The van der Waals surface area contributed by atoms with Crippen molar-refractivity contribution >= 4 is 0 Å². The zero-order chi connectivity index (χ0) is 9.97. The van der Waals surface area contributed by atoms with Crippen LogP contribution in [0, 0.1) is 0 Å². The molecular formula is C12H18NO+. The minimum atomic E-state index is 0.213. The fourth-order valence-corrected chi connectivity index (χ4v) is 2.03. The maximum absolute atomic E-state index is 5.79. The molecule has 1 aliphatic heterocycles. The molecule has 0 fully saturated rings. The second kappa shape index (κ2) is 4.11. The normalized spacial score (nSPS) is 22.9. The predicted molar refractivity (Wildman–Crippen MR) is 55.8 cm³/mol. The summed E-state index contributed by atoms with van der Waals surface area (Å²) >= 11 is 0. The summed E-state index contributed by atoms with van der Waals surface area (Å²) in [5.74, 6) is 0. The highest BCUT2D eigenvalue weighted by atomic mass is 16.5. The summed E-state index contributed by atoms with van der Waals surface area (Å²) in [5.41, 5.74) is 6.94. The summed E-state index contributed by atoms with van der Waals surface area (Å²) in [5, 5.41) is 0. The number of fused-ring (bicyclic) bond motifs is 1. The lowest BCUT2D eigenvalue weighted by Gasteiger charge is -2.27. The first-order valence-corrected chi connectivity index (χ1v) is 5.35. The van der Waals surface area contributed by atoms with E-state index in [1.165, 1.54) is 11.1 Å². The molecule has 1 heterocycles. The molecule has 0 amide bonds. The molecule has 1 aliphatic rings. The van der Waals surface area contributed by atoms with Crippen LogP contribution >= 0.6 is 0 Å². The van der Waals surface area contributed by atoms with Crippen molar-refractivity contribution < 1.29 is 10.5 Å². The average Bonchev–Trinajstić information content (AvgIpc) is 2.27. The Morgan fingerprint density at radius 1 is 1.50 bits per heavy atom. The molecule has 2 rings (SSSR count). The van der Waals surface area contributed by atoms with Gasteiger partial charge in [0.2, 0.25) is 0 Å². The molecule has 2 nitrogen and oxygen atoms in total. The van der Waals surface area contributed by atoms with Crippen molar-refractivity contribution in [3.05, 3.63) is 35.4 Å². The van der Waals surface area contributed by atoms with Crippen LogP contribution in [0.25, 0.3) is 0 Å². The van der Waals surface area contributed by atoms with Gasteiger partial charge in [-0.2, -0.15) is 0 Å². The molecule has 0 aliphatic carbocycles. The van der Waals surface area contributed by atoms with E-state index >= 15 is 0 Å². The van der Waals surface area contributed by atoms with Crippen molar-refractivity contribution in [1.29, 1.82) is 0 Å². The minimum Gasteiger partial charge on any atom is -0.367 e. The van der Waals surface area contributed by atoms with Crippen LogP contribution < -0.4 is 5.73 Å². The lowest BCUT2D eigenvalue weighted by atomic mass is 9.93. The van der Waals surface area contributed by atoms with Crippen LogP contribution in [0.3, 0.4) is 0 Å². The van der Waals surface area contributed by atoms with E-state index in [1.807, 2.05) is 0 Å². The van der Waals surface area contributed by atoms with Gasteiger partial charge in [0.05, 0.1) is 6.61 Å². The van der Waals surface area contributed by atoms with Crippen LogP contribution in [-0.2, 0) is 11.2 Å². The maximum Gasteiger partial charge on any atom is 0.134 e. The summed E-state index contributed by atoms with van der Waals surface area (Å²) in [7, 11) is 0. The van der Waals surface area contributed by atoms with Gasteiger partial charge in [-0.1, -0.05) is 31.2 Å². The molecule has 14 heavy (non-hydrogen) atoms. The molecule has 2 atom stereocenters. The van der Waals surface area contributed by atoms with E-state index in [1.54, 1.807) is 0 Å². The Balaban J connectivity index is 2.30. The van der Waals surface area contributed by atoms with Gasteiger partial charge in [-0.3, -0.25) is 0 Å². The Labute approximate surface area is 85.1 Å². The van der Waals surface area contributed by atoms with Crippen LogP contribution in [0.5, 0.6) is 0 Å². The Hall–Kier alpha value is -0.860. The molecule has 0 saturated carbocycles. The molecular weight excluding hydrogens is 174 g/mol. The average molecular weight is 192 g/mol. The number of ether oxygens (including phenoxy) is 1. The first-order chi connectivity index (χ1) is 6.83. The maximum atomic E-state index is 5.79. The molecule has 3 N–H and O–H groups in total. The lowest BCUT2D eigenvalue weighted by Crippen LogP contribution is -2.64. The molecule has 0 radical (unpaired) electrons. The van der Waals surface area contributed by atoms with Gasteiger partial charge in [0.1, 0.15) is 12.1 Å². The fraction of sp³-hybridized carbons (Fsp3) is 0.500. The highest BCUT2D eigenvalue weighted by molar-refractivity contribution is 5.31. The third kappa shape index (κ3) is 1.68. The molecule has 0 bridgehead atoms. The highest BCUT2D eigenvalue weighted by Gasteiger charge is 2.27. The van der Waals surface area contributed by atoms with Crippen LogP contribution in [-0.4, -0.2) is 12.6 Å². The summed E-state index contributed by atoms with van der Waals surface area (Å²) in [6.45, 7) is 3.01. The summed E-state index contributed by atoms with van der Waals surface area (Å²) in [6, 6.07) is 8.94. The van der Waals surface area contributed by atoms with Crippen LogP contribution in [0.1, 0.15) is 30.6 Å². The SMILES string of the molecule is CC[C@H]([NH3+])[C@H]1OCCc2ccccc21. The second-order valence-electron chi connectivity index (χ2n) is 3.91. The highest BCUT2D eigenvalue weighted by Crippen LogP contribution is 2.28. The molecule has 0 unspecified atom stereocenters. The summed E-state index contributed by atoms with van der Waals surface area (Å²) in [4.78, 5) is 0. The van der Waals surface area contributed by atoms with Gasteiger partial charge in [-0.05, 0) is 24.0 Å². The number of quaternary nitrogens is 1. The molecule has 76 valence electrons. The summed E-state index contributed by atoms with van der Waals surface area (Å²) in [6.07, 6.45) is 2.33. The molecule has 2 heteroatoms. The first kappa shape index (κ1) is 9.69.